The number of hydrogen-bond acceptors (Lipinski definition) is 3. The summed E-state index contributed by atoms with van der Waals surface area (Å²) in [5.41, 5.74) is 2.25. The van der Waals surface area contributed by atoms with Crippen LogP contribution in [0.3, 0.4) is 0 Å². The summed E-state index contributed by atoms with van der Waals surface area (Å²) in [5, 5.41) is 3.35. The molecule has 90 valence electrons. The van der Waals surface area contributed by atoms with Crippen LogP contribution in [-0.4, -0.2) is 4.98 Å². The maximum absolute atomic E-state index is 5.78. The third kappa shape index (κ3) is 3.44. The number of thiazole rings is 1. The van der Waals surface area contributed by atoms with Gasteiger partial charge in [-0.25, -0.2) is 4.98 Å². The zero-order valence-electron chi connectivity index (χ0n) is 8.93. The van der Waals surface area contributed by atoms with Crippen LogP contribution in [0.15, 0.2) is 27.3 Å². The van der Waals surface area contributed by atoms with E-state index in [0.717, 1.165) is 26.1 Å². The van der Waals surface area contributed by atoms with Gasteiger partial charge in [-0.05, 0) is 40.5 Å². The molecule has 1 aromatic heterocycles. The first kappa shape index (κ1) is 13.3. The molecule has 2 rings (SSSR count). The summed E-state index contributed by atoms with van der Waals surface area (Å²) in [5.74, 6) is 0. The van der Waals surface area contributed by atoms with Crippen LogP contribution in [0.2, 0.25) is 4.47 Å². The smallest absolute Gasteiger partial charge is 0.183 e. The van der Waals surface area contributed by atoms with Crippen molar-refractivity contribution in [3.05, 3.63) is 42.2 Å². The molecule has 0 unspecified atom stereocenters. The first-order chi connectivity index (χ1) is 8.06. The largest absolute Gasteiger partial charge is 0.379 e. The lowest BCUT2D eigenvalue weighted by atomic mass is 10.2. The van der Waals surface area contributed by atoms with Crippen LogP contribution in [0.1, 0.15) is 10.4 Å². The van der Waals surface area contributed by atoms with Gasteiger partial charge in [0.05, 0.1) is 6.54 Å². The van der Waals surface area contributed by atoms with Crippen LogP contribution < -0.4 is 5.32 Å². The van der Waals surface area contributed by atoms with Crippen LogP contribution >= 0.6 is 54.8 Å². The Morgan fingerprint density at radius 1 is 1.35 bits per heavy atom. The summed E-state index contributed by atoms with van der Waals surface area (Å²) in [6.45, 7) is 2.78. The number of aromatic nitrogens is 1. The molecule has 0 aliphatic heterocycles. The molecule has 0 bridgehead atoms. The number of nitrogens with one attached hydrogen (secondary N) is 1. The molecule has 0 radical (unpaired) electrons. The molecule has 0 atom stereocenters. The predicted octanol–water partition coefficient (Wildman–Crippen LogP) is 5.24. The fraction of sp³-hybridized carbons (Fsp3) is 0.182. The van der Waals surface area contributed by atoms with Crippen molar-refractivity contribution in [2.75, 3.05) is 5.32 Å². The summed E-state index contributed by atoms with van der Waals surface area (Å²) in [4.78, 5) is 5.12. The quantitative estimate of drug-likeness (QED) is 0.767. The number of aryl methyl sites for hydroxylation is 1. The minimum absolute atomic E-state index is 0.575. The van der Waals surface area contributed by atoms with Gasteiger partial charge < -0.3 is 5.32 Å². The molecule has 1 aromatic carbocycles. The van der Waals surface area contributed by atoms with E-state index in [9.17, 15) is 0 Å². The first-order valence-electron chi connectivity index (χ1n) is 4.86. The molecule has 1 N–H and O–H groups in total. The second kappa shape index (κ2) is 5.69. The normalized spacial score (nSPS) is 10.6. The number of hydrogen-bond donors (Lipinski definition) is 1. The van der Waals surface area contributed by atoms with Crippen molar-refractivity contribution < 1.29 is 0 Å². The highest BCUT2D eigenvalue weighted by molar-refractivity contribution is 9.11. The van der Waals surface area contributed by atoms with Gasteiger partial charge in [-0.3, -0.25) is 0 Å². The van der Waals surface area contributed by atoms with Gasteiger partial charge in [0.1, 0.15) is 0 Å². The molecule has 0 saturated heterocycles. The lowest BCUT2D eigenvalue weighted by Gasteiger charge is -2.09. The van der Waals surface area contributed by atoms with E-state index in [-0.39, 0.29) is 0 Å². The zero-order chi connectivity index (χ0) is 12.4. The van der Waals surface area contributed by atoms with Gasteiger partial charge in [-0.1, -0.05) is 27.5 Å². The second-order valence-electron chi connectivity index (χ2n) is 3.51. The minimum atomic E-state index is 0.575. The van der Waals surface area contributed by atoms with Crippen molar-refractivity contribution in [3.8, 4) is 0 Å². The summed E-state index contributed by atoms with van der Waals surface area (Å²) < 4.78 is 2.71. The monoisotopic (exact) mass is 394 g/mol. The summed E-state index contributed by atoms with van der Waals surface area (Å²) >= 11 is 14.3. The lowest BCUT2D eigenvalue weighted by molar-refractivity contribution is 1.17. The molecular formula is C11H9Br2ClN2S. The van der Waals surface area contributed by atoms with Gasteiger partial charge in [-0.2, -0.15) is 0 Å². The molecule has 2 nitrogen and oxygen atoms in total. The van der Waals surface area contributed by atoms with Crippen LogP contribution in [0.5, 0.6) is 0 Å². The van der Waals surface area contributed by atoms with E-state index < -0.39 is 0 Å². The summed E-state index contributed by atoms with van der Waals surface area (Å²) in [7, 11) is 0. The van der Waals surface area contributed by atoms with Gasteiger partial charge in [-0.15, -0.1) is 11.3 Å². The van der Waals surface area contributed by atoms with Gasteiger partial charge in [0.15, 0.2) is 4.47 Å². The minimum Gasteiger partial charge on any atom is -0.379 e. The molecule has 0 saturated carbocycles. The van der Waals surface area contributed by atoms with E-state index in [0.29, 0.717) is 4.47 Å². The average molecular weight is 397 g/mol. The molecular weight excluding hydrogens is 387 g/mol. The van der Waals surface area contributed by atoms with E-state index in [2.05, 4.69) is 61.2 Å². The predicted molar refractivity (Wildman–Crippen MR) is 81.0 cm³/mol. The fourth-order valence-electron chi connectivity index (χ4n) is 1.33. The summed E-state index contributed by atoms with van der Waals surface area (Å²) in [6.07, 6.45) is 1.79. The standard InChI is InChI=1S/C11H9Br2ClN2S/c1-6-2-9(13)10(3-8(6)12)15-4-7-5-16-11(14)17-7/h2-3,5,15H,4H2,1H3. The Labute approximate surface area is 126 Å². The highest BCUT2D eigenvalue weighted by Gasteiger charge is 2.05. The average Bonchev–Trinajstić information content (AvgIpc) is 2.68. The second-order valence-corrected chi connectivity index (χ2v) is 6.92. The maximum atomic E-state index is 5.78. The molecule has 0 fully saturated rings. The zero-order valence-corrected chi connectivity index (χ0v) is 13.7. The Kier molecular flexibility index (Phi) is 4.47. The molecule has 1 heterocycles. The molecule has 17 heavy (non-hydrogen) atoms. The van der Waals surface area contributed by atoms with Crippen LogP contribution in [0.4, 0.5) is 5.69 Å². The Morgan fingerprint density at radius 3 is 2.76 bits per heavy atom. The molecule has 0 amide bonds. The fourth-order valence-corrected chi connectivity index (χ4v) is 3.19. The molecule has 0 aliphatic carbocycles. The number of nitrogens with zero attached hydrogens (tertiary/aromatic N) is 1. The third-order valence-corrected chi connectivity index (χ3v) is 4.85. The van der Waals surface area contributed by atoms with Gasteiger partial charge >= 0.3 is 0 Å². The van der Waals surface area contributed by atoms with Gasteiger partial charge in [0.25, 0.3) is 0 Å². The number of halogens is 3. The molecule has 2 aromatic rings. The lowest BCUT2D eigenvalue weighted by Crippen LogP contribution is -1.98. The van der Waals surface area contributed by atoms with Crippen molar-refractivity contribution >= 4 is 60.5 Å². The topological polar surface area (TPSA) is 24.9 Å². The highest BCUT2D eigenvalue weighted by atomic mass is 79.9. The SMILES string of the molecule is Cc1cc(Br)c(NCc2cnc(Cl)s2)cc1Br. The number of anilines is 1. The Morgan fingerprint density at radius 2 is 2.12 bits per heavy atom. The first-order valence-corrected chi connectivity index (χ1v) is 7.64. The molecule has 6 heteroatoms. The number of benzene rings is 1. The van der Waals surface area contributed by atoms with Crippen molar-refractivity contribution in [1.82, 2.24) is 4.98 Å². The Bertz CT molecular complexity index is 542. The van der Waals surface area contributed by atoms with Crippen LogP contribution in [0, 0.1) is 6.92 Å². The Balaban J connectivity index is 2.11. The van der Waals surface area contributed by atoms with Crippen molar-refractivity contribution in [2.24, 2.45) is 0 Å². The molecule has 0 aliphatic rings. The van der Waals surface area contributed by atoms with Crippen molar-refractivity contribution in [3.63, 3.8) is 0 Å². The van der Waals surface area contributed by atoms with Crippen LogP contribution in [0.25, 0.3) is 0 Å². The van der Waals surface area contributed by atoms with E-state index in [1.807, 2.05) is 0 Å². The van der Waals surface area contributed by atoms with Gasteiger partial charge in [0, 0.05) is 25.7 Å². The summed E-state index contributed by atoms with van der Waals surface area (Å²) in [6, 6.07) is 4.13. The van der Waals surface area contributed by atoms with E-state index in [1.165, 1.54) is 16.9 Å². The van der Waals surface area contributed by atoms with Gasteiger partial charge in [0.2, 0.25) is 0 Å². The van der Waals surface area contributed by atoms with Crippen molar-refractivity contribution in [2.45, 2.75) is 13.5 Å². The Hall–Kier alpha value is -0.100. The third-order valence-electron chi connectivity index (χ3n) is 2.23. The van der Waals surface area contributed by atoms with E-state index in [4.69, 9.17) is 11.6 Å². The van der Waals surface area contributed by atoms with Crippen molar-refractivity contribution in [1.29, 1.82) is 0 Å². The molecule has 0 spiro atoms. The maximum Gasteiger partial charge on any atom is 0.183 e. The highest BCUT2D eigenvalue weighted by Crippen LogP contribution is 2.30. The van der Waals surface area contributed by atoms with E-state index in [1.54, 1.807) is 6.20 Å². The van der Waals surface area contributed by atoms with E-state index >= 15 is 0 Å². The van der Waals surface area contributed by atoms with Crippen LogP contribution in [-0.2, 0) is 6.54 Å². The number of rotatable bonds is 3.